The van der Waals surface area contributed by atoms with Crippen molar-refractivity contribution in [2.75, 3.05) is 0 Å². The molecule has 0 aromatic carbocycles. The van der Waals surface area contributed by atoms with Crippen molar-refractivity contribution in [3.05, 3.63) is 17.0 Å². The second-order valence-corrected chi connectivity index (χ2v) is 3.08. The van der Waals surface area contributed by atoms with E-state index in [-0.39, 0.29) is 0 Å². The summed E-state index contributed by atoms with van der Waals surface area (Å²) in [7, 11) is 0. The van der Waals surface area contributed by atoms with E-state index in [4.69, 9.17) is 5.11 Å². The maximum atomic E-state index is 10.8. The zero-order valence-corrected chi connectivity index (χ0v) is 7.92. The lowest BCUT2D eigenvalue weighted by atomic mass is 10.1. The number of rotatable bonds is 4. The summed E-state index contributed by atoms with van der Waals surface area (Å²) in [5.41, 5.74) is 1.65. The first-order valence-corrected chi connectivity index (χ1v) is 4.44. The Morgan fingerprint density at radius 1 is 1.62 bits per heavy atom. The normalized spacial score (nSPS) is 10.3. The molecule has 1 rings (SSSR count). The van der Waals surface area contributed by atoms with Gasteiger partial charge in [0.05, 0.1) is 5.69 Å². The van der Waals surface area contributed by atoms with E-state index in [0.717, 1.165) is 19.3 Å². The number of aromatic nitrogens is 2. The van der Waals surface area contributed by atoms with Gasteiger partial charge in [-0.3, -0.25) is 5.10 Å². The van der Waals surface area contributed by atoms with Crippen molar-refractivity contribution in [1.82, 2.24) is 10.2 Å². The first-order chi connectivity index (χ1) is 6.16. The van der Waals surface area contributed by atoms with Gasteiger partial charge in [0.2, 0.25) is 0 Å². The van der Waals surface area contributed by atoms with E-state index in [1.807, 2.05) is 0 Å². The van der Waals surface area contributed by atoms with Crippen LogP contribution in [0.5, 0.6) is 0 Å². The number of aryl methyl sites for hydroxylation is 2. The van der Waals surface area contributed by atoms with E-state index >= 15 is 0 Å². The molecule has 2 N–H and O–H groups in total. The summed E-state index contributed by atoms with van der Waals surface area (Å²) in [6.07, 6.45) is 2.76. The third-order valence-corrected chi connectivity index (χ3v) is 2.00. The highest BCUT2D eigenvalue weighted by Crippen LogP contribution is 2.12. The number of nitrogens with zero attached hydrogens (tertiary/aromatic N) is 1. The fraction of sp³-hybridized carbons (Fsp3) is 0.556. The summed E-state index contributed by atoms with van der Waals surface area (Å²) in [5, 5.41) is 15.5. The van der Waals surface area contributed by atoms with E-state index < -0.39 is 5.97 Å². The zero-order valence-electron chi connectivity index (χ0n) is 7.92. The molecule has 1 heterocycles. The molecule has 72 valence electrons. The summed E-state index contributed by atoms with van der Waals surface area (Å²) >= 11 is 0. The van der Waals surface area contributed by atoms with Gasteiger partial charge in [-0.25, -0.2) is 4.79 Å². The van der Waals surface area contributed by atoms with Gasteiger partial charge in [-0.2, -0.15) is 5.10 Å². The van der Waals surface area contributed by atoms with Crippen molar-refractivity contribution in [2.24, 2.45) is 0 Å². The first kappa shape index (κ1) is 9.77. The minimum atomic E-state index is -0.891. The zero-order chi connectivity index (χ0) is 9.84. The van der Waals surface area contributed by atoms with Crippen LogP contribution in [0.3, 0.4) is 0 Å². The molecule has 0 aliphatic carbocycles. The van der Waals surface area contributed by atoms with Crippen molar-refractivity contribution in [3.63, 3.8) is 0 Å². The molecule has 0 aliphatic rings. The molecule has 0 bridgehead atoms. The highest BCUT2D eigenvalue weighted by Gasteiger charge is 2.15. The Morgan fingerprint density at radius 3 is 2.85 bits per heavy atom. The average molecular weight is 182 g/mol. The molecule has 0 saturated heterocycles. The summed E-state index contributed by atoms with van der Waals surface area (Å²) in [4.78, 5) is 10.8. The van der Waals surface area contributed by atoms with Crippen LogP contribution in [-0.2, 0) is 6.42 Å². The minimum Gasteiger partial charge on any atom is -0.478 e. The van der Waals surface area contributed by atoms with E-state index in [9.17, 15) is 4.79 Å². The molecule has 0 amide bonds. The van der Waals surface area contributed by atoms with Gasteiger partial charge in [0.25, 0.3) is 0 Å². The van der Waals surface area contributed by atoms with Gasteiger partial charge in [0, 0.05) is 5.69 Å². The van der Waals surface area contributed by atoms with E-state index in [1.54, 1.807) is 6.92 Å². The van der Waals surface area contributed by atoms with Crippen molar-refractivity contribution in [1.29, 1.82) is 0 Å². The smallest absolute Gasteiger partial charge is 0.339 e. The van der Waals surface area contributed by atoms with Crippen LogP contribution in [0.4, 0.5) is 0 Å². The molecule has 13 heavy (non-hydrogen) atoms. The highest BCUT2D eigenvalue weighted by atomic mass is 16.4. The van der Waals surface area contributed by atoms with Crippen LogP contribution < -0.4 is 0 Å². The van der Waals surface area contributed by atoms with E-state index in [2.05, 4.69) is 17.1 Å². The number of carboxylic acids is 1. The van der Waals surface area contributed by atoms with Crippen LogP contribution in [0.2, 0.25) is 0 Å². The second kappa shape index (κ2) is 4.07. The molecule has 4 heteroatoms. The summed E-state index contributed by atoms with van der Waals surface area (Å²) in [6, 6.07) is 0. The third-order valence-electron chi connectivity index (χ3n) is 2.00. The van der Waals surface area contributed by atoms with Crippen LogP contribution in [0.1, 0.15) is 41.5 Å². The van der Waals surface area contributed by atoms with Gasteiger partial charge >= 0.3 is 5.97 Å². The fourth-order valence-electron chi connectivity index (χ4n) is 1.29. The Balaban J connectivity index is 2.87. The Kier molecular flexibility index (Phi) is 3.06. The molecule has 0 saturated carbocycles. The van der Waals surface area contributed by atoms with E-state index in [1.165, 1.54) is 0 Å². The number of H-pyrrole nitrogens is 1. The second-order valence-electron chi connectivity index (χ2n) is 3.08. The number of hydrogen-bond acceptors (Lipinski definition) is 2. The SMILES string of the molecule is CCCCc1n[nH]c(C)c1C(=O)O. The largest absolute Gasteiger partial charge is 0.478 e. The lowest BCUT2D eigenvalue weighted by molar-refractivity contribution is 0.0695. The van der Waals surface area contributed by atoms with Crippen LogP contribution in [0, 0.1) is 6.92 Å². The minimum absolute atomic E-state index is 0.341. The van der Waals surface area contributed by atoms with Gasteiger partial charge < -0.3 is 5.11 Å². The van der Waals surface area contributed by atoms with Gasteiger partial charge in [-0.1, -0.05) is 13.3 Å². The van der Waals surface area contributed by atoms with Crippen LogP contribution in [0.25, 0.3) is 0 Å². The van der Waals surface area contributed by atoms with Crippen LogP contribution in [-0.4, -0.2) is 21.3 Å². The molecular weight excluding hydrogens is 168 g/mol. The highest BCUT2D eigenvalue weighted by molar-refractivity contribution is 5.90. The number of nitrogens with one attached hydrogen (secondary N) is 1. The van der Waals surface area contributed by atoms with Crippen molar-refractivity contribution in [2.45, 2.75) is 33.1 Å². The average Bonchev–Trinajstić information content (AvgIpc) is 2.43. The lowest BCUT2D eigenvalue weighted by Gasteiger charge is -1.96. The number of aromatic carboxylic acids is 1. The first-order valence-electron chi connectivity index (χ1n) is 4.44. The lowest BCUT2D eigenvalue weighted by Crippen LogP contribution is -2.01. The molecule has 0 spiro atoms. The van der Waals surface area contributed by atoms with Gasteiger partial charge in [-0.15, -0.1) is 0 Å². The Labute approximate surface area is 77.0 Å². The van der Waals surface area contributed by atoms with Crippen LogP contribution in [0.15, 0.2) is 0 Å². The summed E-state index contributed by atoms with van der Waals surface area (Å²) in [6.45, 7) is 3.80. The van der Waals surface area contributed by atoms with Crippen molar-refractivity contribution in [3.8, 4) is 0 Å². The molecule has 1 aromatic heterocycles. The van der Waals surface area contributed by atoms with Crippen molar-refractivity contribution < 1.29 is 9.90 Å². The number of unbranched alkanes of at least 4 members (excludes halogenated alkanes) is 1. The number of carboxylic acid groups (broad SMARTS) is 1. The van der Waals surface area contributed by atoms with E-state index in [0.29, 0.717) is 17.0 Å². The maximum absolute atomic E-state index is 10.8. The van der Waals surface area contributed by atoms with Gasteiger partial charge in [0.1, 0.15) is 5.56 Å². The molecule has 1 aromatic rings. The quantitative estimate of drug-likeness (QED) is 0.745. The molecule has 0 unspecified atom stereocenters. The Hall–Kier alpha value is -1.32. The number of aromatic amines is 1. The Morgan fingerprint density at radius 2 is 2.31 bits per heavy atom. The molecule has 0 radical (unpaired) electrons. The standard InChI is InChI=1S/C9H14N2O2/c1-3-4-5-7-8(9(12)13)6(2)10-11-7/h3-5H2,1-2H3,(H,10,11)(H,12,13). The summed E-state index contributed by atoms with van der Waals surface area (Å²) in [5.74, 6) is -0.891. The molecule has 0 atom stereocenters. The fourth-order valence-corrected chi connectivity index (χ4v) is 1.29. The maximum Gasteiger partial charge on any atom is 0.339 e. The van der Waals surface area contributed by atoms with Gasteiger partial charge in [-0.05, 0) is 19.8 Å². The molecule has 0 aliphatic heterocycles. The van der Waals surface area contributed by atoms with Gasteiger partial charge in [0.15, 0.2) is 0 Å². The van der Waals surface area contributed by atoms with Crippen molar-refractivity contribution >= 4 is 5.97 Å². The monoisotopic (exact) mass is 182 g/mol. The summed E-state index contributed by atoms with van der Waals surface area (Å²) < 4.78 is 0. The third kappa shape index (κ3) is 2.08. The Bertz CT molecular complexity index is 305. The van der Waals surface area contributed by atoms with Crippen LogP contribution >= 0.6 is 0 Å². The molecule has 0 fully saturated rings. The molecular formula is C9H14N2O2. The predicted molar refractivity (Wildman–Crippen MR) is 48.9 cm³/mol. The number of hydrogen-bond donors (Lipinski definition) is 2. The number of carbonyl (C=O) groups is 1. The predicted octanol–water partition coefficient (Wildman–Crippen LogP) is 1.76. The topological polar surface area (TPSA) is 66.0 Å². The molecule has 4 nitrogen and oxygen atoms in total.